The Morgan fingerprint density at radius 1 is 1.15 bits per heavy atom. The van der Waals surface area contributed by atoms with Gasteiger partial charge in [0.15, 0.2) is 0 Å². The Morgan fingerprint density at radius 3 is 2.54 bits per heavy atom. The molecule has 0 aromatic heterocycles. The number of halogens is 1. The second-order valence-electron chi connectivity index (χ2n) is 6.19. The number of hydrogen-bond acceptors (Lipinski definition) is 3. The van der Waals surface area contributed by atoms with Gasteiger partial charge in [0.1, 0.15) is 11.8 Å². The number of methoxy groups -OCH3 is 1. The number of para-hydroxylation sites is 2. The predicted octanol–water partition coefficient (Wildman–Crippen LogP) is 3.26. The molecule has 136 valence electrons. The number of piperazine rings is 1. The molecule has 0 spiro atoms. The van der Waals surface area contributed by atoms with Crippen LogP contribution in [0.5, 0.6) is 5.75 Å². The number of hydrogen-bond donors (Lipinski definition) is 0. The quantitative estimate of drug-likeness (QED) is 0.768. The van der Waals surface area contributed by atoms with Crippen LogP contribution in [0.2, 0.25) is 0 Å². The van der Waals surface area contributed by atoms with Gasteiger partial charge in [0.2, 0.25) is 11.8 Å². The molecule has 1 heterocycles. The Labute approximate surface area is 161 Å². The van der Waals surface area contributed by atoms with Crippen LogP contribution in [-0.4, -0.2) is 43.0 Å². The number of carbonyl (C=O) groups excluding carboxylic acids is 2. The van der Waals surface area contributed by atoms with Gasteiger partial charge in [-0.2, -0.15) is 0 Å². The topological polar surface area (TPSA) is 49.9 Å². The van der Waals surface area contributed by atoms with Crippen molar-refractivity contribution in [1.82, 2.24) is 4.90 Å². The predicted molar refractivity (Wildman–Crippen MR) is 104 cm³/mol. The molecule has 1 atom stereocenters. The zero-order chi connectivity index (χ0) is 18.7. The summed E-state index contributed by atoms with van der Waals surface area (Å²) in [6.45, 7) is 2.46. The number of ether oxygens (including phenoxy) is 1. The van der Waals surface area contributed by atoms with Crippen LogP contribution < -0.4 is 9.64 Å². The number of rotatable bonds is 4. The molecule has 0 aliphatic carbocycles. The summed E-state index contributed by atoms with van der Waals surface area (Å²) >= 11 is 3.53. The number of anilines is 1. The van der Waals surface area contributed by atoms with E-state index in [1.165, 1.54) is 6.92 Å². The molecule has 2 amide bonds. The highest BCUT2D eigenvalue weighted by Crippen LogP contribution is 2.31. The van der Waals surface area contributed by atoms with Gasteiger partial charge in [-0.1, -0.05) is 46.3 Å². The van der Waals surface area contributed by atoms with E-state index in [1.807, 2.05) is 48.5 Å². The average Bonchev–Trinajstić information content (AvgIpc) is 2.64. The van der Waals surface area contributed by atoms with Crippen molar-refractivity contribution in [1.29, 1.82) is 0 Å². The van der Waals surface area contributed by atoms with Crippen molar-refractivity contribution in [3.05, 3.63) is 58.6 Å². The first-order valence-electron chi connectivity index (χ1n) is 8.48. The van der Waals surface area contributed by atoms with E-state index in [4.69, 9.17) is 4.74 Å². The summed E-state index contributed by atoms with van der Waals surface area (Å²) < 4.78 is 6.35. The smallest absolute Gasteiger partial charge is 0.250 e. The van der Waals surface area contributed by atoms with Crippen molar-refractivity contribution in [2.24, 2.45) is 0 Å². The van der Waals surface area contributed by atoms with Crippen LogP contribution in [-0.2, 0) is 16.0 Å². The maximum absolute atomic E-state index is 13.3. The third kappa shape index (κ3) is 3.60. The fourth-order valence-corrected chi connectivity index (χ4v) is 3.77. The van der Waals surface area contributed by atoms with E-state index in [0.29, 0.717) is 25.3 Å². The molecule has 0 bridgehead atoms. The van der Waals surface area contributed by atoms with Gasteiger partial charge in [-0.25, -0.2) is 0 Å². The lowest BCUT2D eigenvalue weighted by atomic mass is 10.0. The van der Waals surface area contributed by atoms with Crippen LogP contribution in [0.1, 0.15) is 12.5 Å². The zero-order valence-electron chi connectivity index (χ0n) is 14.8. The molecule has 6 heteroatoms. The van der Waals surface area contributed by atoms with Gasteiger partial charge in [0, 0.05) is 30.9 Å². The number of nitrogens with zero attached hydrogens (tertiary/aromatic N) is 2. The molecule has 0 N–H and O–H groups in total. The molecule has 0 saturated carbocycles. The Morgan fingerprint density at radius 2 is 1.85 bits per heavy atom. The number of amides is 2. The second-order valence-corrected chi connectivity index (χ2v) is 7.04. The van der Waals surface area contributed by atoms with Crippen LogP contribution in [0.4, 0.5) is 5.69 Å². The maximum atomic E-state index is 13.3. The van der Waals surface area contributed by atoms with Gasteiger partial charge in [-0.3, -0.25) is 9.59 Å². The van der Waals surface area contributed by atoms with E-state index in [2.05, 4.69) is 15.9 Å². The van der Waals surface area contributed by atoms with E-state index < -0.39 is 6.04 Å². The fourth-order valence-electron chi connectivity index (χ4n) is 3.33. The van der Waals surface area contributed by atoms with Crippen molar-refractivity contribution in [3.8, 4) is 5.75 Å². The molecular formula is C20H21BrN2O3. The summed E-state index contributed by atoms with van der Waals surface area (Å²) in [7, 11) is 1.59. The summed E-state index contributed by atoms with van der Waals surface area (Å²) in [6.07, 6.45) is 0.464. The molecule has 5 nitrogen and oxygen atoms in total. The first-order valence-corrected chi connectivity index (χ1v) is 9.27. The molecule has 26 heavy (non-hydrogen) atoms. The summed E-state index contributed by atoms with van der Waals surface area (Å²) in [5.74, 6) is 0.471. The summed E-state index contributed by atoms with van der Waals surface area (Å²) in [6, 6.07) is 14.7. The normalized spacial score (nSPS) is 17.3. The molecule has 0 unspecified atom stereocenters. The van der Waals surface area contributed by atoms with E-state index in [1.54, 1.807) is 16.9 Å². The van der Waals surface area contributed by atoms with Crippen LogP contribution >= 0.6 is 15.9 Å². The minimum atomic E-state index is -0.537. The standard InChI is InChI=1S/C20H21BrN2O3/c1-14(24)22-11-12-23(17-9-5-6-10-19(17)26-2)20(25)18(22)13-15-7-3-4-8-16(15)21/h3-10,18H,11-13H2,1-2H3/t18-/m1/s1. The fraction of sp³-hybridized carbons (Fsp3) is 0.300. The molecule has 0 radical (unpaired) electrons. The Bertz CT molecular complexity index is 824. The summed E-state index contributed by atoms with van der Waals surface area (Å²) in [4.78, 5) is 28.8. The van der Waals surface area contributed by atoms with Crippen molar-refractivity contribution in [2.45, 2.75) is 19.4 Å². The van der Waals surface area contributed by atoms with E-state index >= 15 is 0 Å². The molecule has 1 aliphatic rings. The molecule has 2 aromatic rings. The lowest BCUT2D eigenvalue weighted by Crippen LogP contribution is -2.59. The minimum absolute atomic E-state index is 0.0879. The third-order valence-electron chi connectivity index (χ3n) is 4.64. The van der Waals surface area contributed by atoms with E-state index in [9.17, 15) is 9.59 Å². The first kappa shape index (κ1) is 18.5. The van der Waals surface area contributed by atoms with Gasteiger partial charge < -0.3 is 14.5 Å². The Hall–Kier alpha value is -2.34. The number of carbonyl (C=O) groups is 2. The molecule has 1 saturated heterocycles. The first-order chi connectivity index (χ1) is 12.5. The lowest BCUT2D eigenvalue weighted by Gasteiger charge is -2.40. The molecule has 1 fully saturated rings. The van der Waals surface area contributed by atoms with Crippen LogP contribution in [0.15, 0.2) is 53.0 Å². The van der Waals surface area contributed by atoms with Gasteiger partial charge in [-0.15, -0.1) is 0 Å². The highest BCUT2D eigenvalue weighted by atomic mass is 79.9. The molecule has 1 aliphatic heterocycles. The third-order valence-corrected chi connectivity index (χ3v) is 5.42. The van der Waals surface area contributed by atoms with Crippen molar-refractivity contribution < 1.29 is 14.3 Å². The van der Waals surface area contributed by atoms with Crippen molar-refractivity contribution in [3.63, 3.8) is 0 Å². The maximum Gasteiger partial charge on any atom is 0.250 e. The van der Waals surface area contributed by atoms with Crippen molar-refractivity contribution in [2.75, 3.05) is 25.1 Å². The van der Waals surface area contributed by atoms with Gasteiger partial charge >= 0.3 is 0 Å². The van der Waals surface area contributed by atoms with Crippen LogP contribution in [0.3, 0.4) is 0 Å². The second kappa shape index (κ2) is 7.91. The summed E-state index contributed by atoms with van der Waals surface area (Å²) in [5.41, 5.74) is 1.74. The zero-order valence-corrected chi connectivity index (χ0v) is 16.4. The van der Waals surface area contributed by atoms with E-state index in [0.717, 1.165) is 15.7 Å². The highest BCUT2D eigenvalue weighted by Gasteiger charge is 2.37. The largest absolute Gasteiger partial charge is 0.495 e. The number of benzene rings is 2. The average molecular weight is 417 g/mol. The van der Waals surface area contributed by atoms with Gasteiger partial charge in [0.05, 0.1) is 12.8 Å². The monoisotopic (exact) mass is 416 g/mol. The summed E-state index contributed by atoms with van der Waals surface area (Å²) in [5, 5.41) is 0. The lowest BCUT2D eigenvalue weighted by molar-refractivity contribution is -0.139. The van der Waals surface area contributed by atoms with Crippen LogP contribution in [0.25, 0.3) is 0 Å². The van der Waals surface area contributed by atoms with E-state index in [-0.39, 0.29) is 11.8 Å². The van der Waals surface area contributed by atoms with Gasteiger partial charge in [0.25, 0.3) is 0 Å². The highest BCUT2D eigenvalue weighted by molar-refractivity contribution is 9.10. The Balaban J connectivity index is 1.94. The van der Waals surface area contributed by atoms with Crippen molar-refractivity contribution >= 4 is 33.4 Å². The SMILES string of the molecule is COc1ccccc1N1CCN(C(C)=O)[C@H](Cc2ccccc2Br)C1=O. The minimum Gasteiger partial charge on any atom is -0.495 e. The molecule has 3 rings (SSSR count). The molecule has 2 aromatic carbocycles. The Kier molecular flexibility index (Phi) is 5.61. The van der Waals surface area contributed by atoms with Gasteiger partial charge in [-0.05, 0) is 23.8 Å². The molecular weight excluding hydrogens is 396 g/mol. The van der Waals surface area contributed by atoms with Crippen LogP contribution in [0, 0.1) is 0 Å².